The molecule has 0 aliphatic heterocycles. The second-order valence-electron chi connectivity index (χ2n) is 7.37. The van der Waals surface area contributed by atoms with Crippen LogP contribution in [0, 0.1) is 11.6 Å². The maximum Gasteiger partial charge on any atom is 0.232 e. The third-order valence-electron chi connectivity index (χ3n) is 4.99. The summed E-state index contributed by atoms with van der Waals surface area (Å²) in [6, 6.07) is 10.9. The first-order valence-corrected chi connectivity index (χ1v) is 12.0. The minimum atomic E-state index is -3.77. The molecule has 176 valence electrons. The number of hydrogen-bond acceptors (Lipinski definition) is 7. The van der Waals surface area contributed by atoms with Gasteiger partial charge in [-0.1, -0.05) is 13.0 Å². The monoisotopic (exact) mass is 485 g/mol. The Hall–Kier alpha value is -3.86. The van der Waals surface area contributed by atoms with Crippen molar-refractivity contribution in [3.8, 4) is 17.0 Å². The first-order valence-electron chi connectivity index (χ1n) is 10.3. The van der Waals surface area contributed by atoms with Gasteiger partial charge in [-0.25, -0.2) is 32.2 Å². The number of fused-ring (bicyclic) bond motifs is 1. The first-order chi connectivity index (χ1) is 16.3. The molecule has 0 aliphatic rings. The molecule has 8 nitrogen and oxygen atoms in total. The maximum absolute atomic E-state index is 15.1. The van der Waals surface area contributed by atoms with Gasteiger partial charge in [0, 0.05) is 23.2 Å². The van der Waals surface area contributed by atoms with Gasteiger partial charge in [0.25, 0.3) is 0 Å². The van der Waals surface area contributed by atoms with E-state index >= 15 is 4.39 Å². The zero-order valence-electron chi connectivity index (χ0n) is 18.3. The van der Waals surface area contributed by atoms with Crippen molar-refractivity contribution in [2.24, 2.45) is 0 Å². The van der Waals surface area contributed by atoms with E-state index in [0.717, 1.165) is 23.3 Å². The Morgan fingerprint density at radius 1 is 1.00 bits per heavy atom. The van der Waals surface area contributed by atoms with Gasteiger partial charge in [0.05, 0.1) is 24.1 Å². The van der Waals surface area contributed by atoms with Crippen LogP contribution in [-0.4, -0.2) is 36.2 Å². The normalized spacial score (nSPS) is 11.4. The molecule has 2 N–H and O–H groups in total. The van der Waals surface area contributed by atoms with Crippen molar-refractivity contribution in [1.82, 2.24) is 15.0 Å². The Balaban J connectivity index is 1.74. The lowest BCUT2D eigenvalue weighted by atomic mass is 10.1. The molecule has 0 atom stereocenters. The lowest BCUT2D eigenvalue weighted by Crippen LogP contribution is -2.17. The van der Waals surface area contributed by atoms with Gasteiger partial charge >= 0.3 is 0 Å². The number of aromatic nitrogens is 3. The lowest BCUT2D eigenvalue weighted by molar-refractivity contribution is 0.398. The summed E-state index contributed by atoms with van der Waals surface area (Å²) in [7, 11) is -2.24. The minimum Gasteiger partial charge on any atom is -0.481 e. The Labute approximate surface area is 195 Å². The van der Waals surface area contributed by atoms with Crippen LogP contribution in [0.1, 0.15) is 13.3 Å². The highest BCUT2D eigenvalue weighted by molar-refractivity contribution is 7.92. The first kappa shape index (κ1) is 23.3. The molecule has 11 heteroatoms. The van der Waals surface area contributed by atoms with E-state index in [9.17, 15) is 12.8 Å². The summed E-state index contributed by atoms with van der Waals surface area (Å²) in [5.74, 6) is -1.55. The summed E-state index contributed by atoms with van der Waals surface area (Å²) in [5.41, 5.74) is 1.22. The van der Waals surface area contributed by atoms with E-state index in [4.69, 9.17) is 4.74 Å². The van der Waals surface area contributed by atoms with Crippen LogP contribution in [0.15, 0.2) is 55.0 Å². The third-order valence-corrected chi connectivity index (χ3v) is 6.46. The molecule has 0 unspecified atom stereocenters. The highest BCUT2D eigenvalue weighted by atomic mass is 32.2. The van der Waals surface area contributed by atoms with Crippen molar-refractivity contribution in [1.29, 1.82) is 0 Å². The van der Waals surface area contributed by atoms with Gasteiger partial charge in [0.15, 0.2) is 5.82 Å². The molecule has 34 heavy (non-hydrogen) atoms. The quantitative estimate of drug-likeness (QED) is 0.367. The zero-order chi connectivity index (χ0) is 24.3. The van der Waals surface area contributed by atoms with Crippen molar-refractivity contribution in [3.63, 3.8) is 0 Å². The van der Waals surface area contributed by atoms with E-state index in [-0.39, 0.29) is 17.3 Å². The SMILES string of the molecule is CCCS(=O)(=O)Nc1ccc(F)c(Nc2ncnc3ccc(-c4ccc(OC)nc4)cc23)c1F. The Morgan fingerprint density at radius 2 is 1.79 bits per heavy atom. The standard InChI is InChI=1S/C23H21F2N5O3S/c1-3-10-34(31,32)30-19-8-6-17(24)22(21(19)25)29-23-16-11-14(4-7-18(16)27-13-28-23)15-5-9-20(33-2)26-12-15/h4-9,11-13,30H,3,10H2,1-2H3,(H,27,28,29). The molecule has 0 fully saturated rings. The van der Waals surface area contributed by atoms with Crippen molar-refractivity contribution in [2.45, 2.75) is 13.3 Å². The van der Waals surface area contributed by atoms with Crippen molar-refractivity contribution >= 4 is 38.1 Å². The number of pyridine rings is 1. The molecule has 2 aromatic heterocycles. The van der Waals surface area contributed by atoms with Crippen LogP contribution in [0.25, 0.3) is 22.0 Å². The number of ether oxygens (including phenoxy) is 1. The molecule has 0 aliphatic carbocycles. The van der Waals surface area contributed by atoms with Crippen molar-refractivity contribution < 1.29 is 21.9 Å². The summed E-state index contributed by atoms with van der Waals surface area (Å²) in [5, 5.41) is 3.17. The number of methoxy groups -OCH3 is 1. The third kappa shape index (κ3) is 4.88. The van der Waals surface area contributed by atoms with Gasteiger partial charge in [-0.2, -0.15) is 0 Å². The van der Waals surface area contributed by atoms with Gasteiger partial charge in [0.1, 0.15) is 23.6 Å². The summed E-state index contributed by atoms with van der Waals surface area (Å²) in [6.07, 6.45) is 3.26. The molecule has 4 rings (SSSR count). The maximum atomic E-state index is 15.1. The number of rotatable bonds is 8. The molecule has 4 aromatic rings. The van der Waals surface area contributed by atoms with Gasteiger partial charge < -0.3 is 10.1 Å². The summed E-state index contributed by atoms with van der Waals surface area (Å²) >= 11 is 0. The average Bonchev–Trinajstić information content (AvgIpc) is 2.83. The van der Waals surface area contributed by atoms with E-state index in [1.165, 1.54) is 13.4 Å². The number of nitrogens with zero attached hydrogens (tertiary/aromatic N) is 3. The molecule has 0 radical (unpaired) electrons. The van der Waals surface area contributed by atoms with E-state index < -0.39 is 27.3 Å². The molecule has 0 bridgehead atoms. The van der Waals surface area contributed by atoms with Crippen LogP contribution in [0.2, 0.25) is 0 Å². The number of anilines is 3. The van der Waals surface area contributed by atoms with Gasteiger partial charge in [-0.05, 0) is 42.3 Å². The molecule has 0 spiro atoms. The van der Waals surface area contributed by atoms with Crippen LogP contribution >= 0.6 is 0 Å². The smallest absolute Gasteiger partial charge is 0.232 e. The number of nitrogens with one attached hydrogen (secondary N) is 2. The Morgan fingerprint density at radius 3 is 2.50 bits per heavy atom. The van der Waals surface area contributed by atoms with E-state index in [1.807, 2.05) is 12.1 Å². The second kappa shape index (κ2) is 9.56. The van der Waals surface area contributed by atoms with Crippen LogP contribution in [0.5, 0.6) is 5.88 Å². The largest absolute Gasteiger partial charge is 0.481 e. The molecule has 0 saturated carbocycles. The van der Waals surface area contributed by atoms with Gasteiger partial charge in [-0.15, -0.1) is 0 Å². The molecular formula is C23H21F2N5O3S. The molecule has 2 aromatic carbocycles. The fourth-order valence-corrected chi connectivity index (χ4v) is 4.49. The van der Waals surface area contributed by atoms with E-state index in [1.54, 1.807) is 31.3 Å². The van der Waals surface area contributed by atoms with Gasteiger partial charge in [0.2, 0.25) is 15.9 Å². The second-order valence-corrected chi connectivity index (χ2v) is 9.22. The summed E-state index contributed by atoms with van der Waals surface area (Å²) in [6.45, 7) is 1.68. The average molecular weight is 486 g/mol. The molecule has 0 saturated heterocycles. The van der Waals surface area contributed by atoms with Crippen molar-refractivity contribution in [2.75, 3.05) is 22.9 Å². The number of hydrogen-bond donors (Lipinski definition) is 2. The number of sulfonamides is 1. The predicted molar refractivity (Wildman–Crippen MR) is 127 cm³/mol. The molecule has 2 heterocycles. The molecule has 0 amide bonds. The fourth-order valence-electron chi connectivity index (χ4n) is 3.36. The zero-order valence-corrected chi connectivity index (χ0v) is 19.2. The van der Waals surface area contributed by atoms with Crippen LogP contribution < -0.4 is 14.8 Å². The number of halogens is 2. The van der Waals surface area contributed by atoms with E-state index in [2.05, 4.69) is 25.0 Å². The Kier molecular flexibility index (Phi) is 6.55. The highest BCUT2D eigenvalue weighted by Crippen LogP contribution is 2.32. The molecular weight excluding hydrogens is 464 g/mol. The Bertz CT molecular complexity index is 1450. The summed E-state index contributed by atoms with van der Waals surface area (Å²) < 4.78 is 61.1. The van der Waals surface area contributed by atoms with Crippen molar-refractivity contribution in [3.05, 3.63) is 66.6 Å². The number of benzene rings is 2. The predicted octanol–water partition coefficient (Wildman–Crippen LogP) is 4.87. The highest BCUT2D eigenvalue weighted by Gasteiger charge is 2.19. The van der Waals surface area contributed by atoms with Crippen LogP contribution in [0.4, 0.5) is 26.0 Å². The minimum absolute atomic E-state index is 0.152. The summed E-state index contributed by atoms with van der Waals surface area (Å²) in [4.78, 5) is 12.6. The van der Waals surface area contributed by atoms with E-state index in [0.29, 0.717) is 23.2 Å². The lowest BCUT2D eigenvalue weighted by Gasteiger charge is -2.14. The topological polar surface area (TPSA) is 106 Å². The van der Waals surface area contributed by atoms with Gasteiger partial charge in [-0.3, -0.25) is 4.72 Å². The van der Waals surface area contributed by atoms with Crippen LogP contribution in [-0.2, 0) is 10.0 Å². The van der Waals surface area contributed by atoms with Crippen LogP contribution in [0.3, 0.4) is 0 Å². The fraction of sp³-hybridized carbons (Fsp3) is 0.174.